The molecule has 4 nitrogen and oxygen atoms in total. The number of halogens is 1. The highest BCUT2D eigenvalue weighted by Crippen LogP contribution is 2.25. The van der Waals surface area contributed by atoms with E-state index in [4.69, 9.17) is 11.6 Å². The van der Waals surface area contributed by atoms with Crippen molar-refractivity contribution in [3.8, 4) is 0 Å². The molecule has 1 atom stereocenters. The molecule has 3 aromatic carbocycles. The number of carbonyl (C=O) groups excluding carboxylic acids is 1. The van der Waals surface area contributed by atoms with Gasteiger partial charge in [0, 0.05) is 23.7 Å². The van der Waals surface area contributed by atoms with Crippen LogP contribution in [0.4, 0.5) is 0 Å². The van der Waals surface area contributed by atoms with Crippen LogP contribution in [0.5, 0.6) is 0 Å². The van der Waals surface area contributed by atoms with E-state index < -0.39 is 9.84 Å². The molecule has 0 N–H and O–H groups in total. The van der Waals surface area contributed by atoms with Crippen molar-refractivity contribution in [3.63, 3.8) is 0 Å². The fourth-order valence-corrected chi connectivity index (χ4v) is 5.82. The average Bonchev–Trinajstić information content (AvgIpc) is 3.10. The Labute approximate surface area is 181 Å². The van der Waals surface area contributed by atoms with Crippen molar-refractivity contribution in [1.82, 2.24) is 4.90 Å². The third kappa shape index (κ3) is 4.58. The minimum atomic E-state index is -3.12. The highest BCUT2D eigenvalue weighted by atomic mass is 35.5. The number of hydrogen-bond acceptors (Lipinski definition) is 3. The van der Waals surface area contributed by atoms with Crippen LogP contribution in [-0.4, -0.2) is 36.8 Å². The van der Waals surface area contributed by atoms with Crippen LogP contribution in [0.2, 0.25) is 5.02 Å². The molecule has 1 aliphatic rings. The van der Waals surface area contributed by atoms with Crippen molar-refractivity contribution in [2.45, 2.75) is 19.0 Å². The largest absolute Gasteiger partial charge is 0.331 e. The minimum absolute atomic E-state index is 0.00341. The lowest BCUT2D eigenvalue weighted by molar-refractivity contribution is -0.128. The maximum Gasteiger partial charge on any atom is 0.247 e. The van der Waals surface area contributed by atoms with Crippen LogP contribution < -0.4 is 0 Å². The number of nitrogens with zero attached hydrogens (tertiary/aromatic N) is 1. The Morgan fingerprint density at radius 1 is 1.03 bits per heavy atom. The Morgan fingerprint density at radius 2 is 1.77 bits per heavy atom. The summed E-state index contributed by atoms with van der Waals surface area (Å²) in [5.74, 6) is -0.0979. The zero-order chi connectivity index (χ0) is 21.1. The second-order valence-electron chi connectivity index (χ2n) is 7.52. The summed E-state index contributed by atoms with van der Waals surface area (Å²) in [5.41, 5.74) is 1.74. The van der Waals surface area contributed by atoms with Crippen LogP contribution in [0.1, 0.15) is 17.5 Å². The van der Waals surface area contributed by atoms with Gasteiger partial charge >= 0.3 is 0 Å². The van der Waals surface area contributed by atoms with Gasteiger partial charge in [-0.1, -0.05) is 72.3 Å². The van der Waals surface area contributed by atoms with E-state index >= 15 is 0 Å². The van der Waals surface area contributed by atoms with Crippen LogP contribution in [0, 0.1) is 0 Å². The van der Waals surface area contributed by atoms with Gasteiger partial charge in [0.25, 0.3) is 0 Å². The quantitative estimate of drug-likeness (QED) is 0.540. The van der Waals surface area contributed by atoms with Crippen molar-refractivity contribution >= 4 is 44.2 Å². The number of sulfone groups is 1. The van der Waals surface area contributed by atoms with E-state index in [9.17, 15) is 13.2 Å². The molecule has 4 rings (SSSR count). The number of fused-ring (bicyclic) bond motifs is 1. The zero-order valence-corrected chi connectivity index (χ0v) is 17.9. The van der Waals surface area contributed by atoms with E-state index in [1.54, 1.807) is 17.0 Å². The Bertz CT molecular complexity index is 1210. The van der Waals surface area contributed by atoms with Gasteiger partial charge in [0.05, 0.1) is 11.5 Å². The first-order chi connectivity index (χ1) is 14.4. The molecule has 1 aliphatic heterocycles. The van der Waals surface area contributed by atoms with Gasteiger partial charge in [-0.25, -0.2) is 8.42 Å². The van der Waals surface area contributed by atoms with E-state index in [0.29, 0.717) is 18.0 Å². The molecule has 1 saturated heterocycles. The Kier molecular flexibility index (Phi) is 5.93. The van der Waals surface area contributed by atoms with Crippen molar-refractivity contribution in [1.29, 1.82) is 0 Å². The summed E-state index contributed by atoms with van der Waals surface area (Å²) in [7, 11) is -3.12. The van der Waals surface area contributed by atoms with Gasteiger partial charge in [0.2, 0.25) is 5.91 Å². The second-order valence-corrected chi connectivity index (χ2v) is 10.2. The van der Waals surface area contributed by atoms with Gasteiger partial charge < -0.3 is 4.90 Å². The van der Waals surface area contributed by atoms with Crippen LogP contribution in [0.25, 0.3) is 16.8 Å². The summed E-state index contributed by atoms with van der Waals surface area (Å²) < 4.78 is 24.2. The van der Waals surface area contributed by atoms with Crippen LogP contribution in [0.15, 0.2) is 72.8 Å². The minimum Gasteiger partial charge on any atom is -0.331 e. The van der Waals surface area contributed by atoms with Crippen molar-refractivity contribution in [2.24, 2.45) is 0 Å². The maximum atomic E-state index is 13.2. The lowest BCUT2D eigenvalue weighted by Crippen LogP contribution is -2.39. The molecule has 0 radical (unpaired) electrons. The molecule has 1 amide bonds. The summed E-state index contributed by atoms with van der Waals surface area (Å²) in [6.45, 7) is 0.354. The third-order valence-corrected chi connectivity index (χ3v) is 7.56. The Hall–Kier alpha value is -2.63. The maximum absolute atomic E-state index is 13.2. The molecule has 1 fully saturated rings. The van der Waals surface area contributed by atoms with Crippen LogP contribution in [0.3, 0.4) is 0 Å². The zero-order valence-electron chi connectivity index (χ0n) is 16.4. The molecule has 0 saturated carbocycles. The lowest BCUT2D eigenvalue weighted by Gasteiger charge is -2.28. The van der Waals surface area contributed by atoms with E-state index in [0.717, 1.165) is 21.9 Å². The molecule has 154 valence electrons. The molecule has 1 unspecified atom stereocenters. The molecule has 1 heterocycles. The molecule has 0 bridgehead atoms. The first kappa shape index (κ1) is 20.6. The second kappa shape index (κ2) is 8.62. The summed E-state index contributed by atoms with van der Waals surface area (Å²) in [6.07, 6.45) is 3.63. The van der Waals surface area contributed by atoms with E-state index in [1.807, 2.05) is 60.7 Å². The fraction of sp³-hybridized carbons (Fsp3) is 0.208. The number of benzene rings is 3. The van der Waals surface area contributed by atoms with E-state index in [1.165, 1.54) is 6.08 Å². The van der Waals surface area contributed by atoms with Gasteiger partial charge in [-0.2, -0.15) is 0 Å². The molecule has 6 heteroatoms. The van der Waals surface area contributed by atoms with Crippen molar-refractivity contribution in [2.75, 3.05) is 11.5 Å². The molecule has 3 aromatic rings. The predicted molar refractivity (Wildman–Crippen MR) is 122 cm³/mol. The standard InChI is InChI=1S/C24H22ClNO3S/c25-23-11-4-2-7-19(23)12-13-24(27)26(21-14-15-30(28,29)17-21)16-20-9-5-8-18-6-1-3-10-22(18)20/h1-13,21H,14-17H2/b13-12+. The smallest absolute Gasteiger partial charge is 0.247 e. The first-order valence-electron chi connectivity index (χ1n) is 9.83. The highest BCUT2D eigenvalue weighted by molar-refractivity contribution is 7.91. The fourth-order valence-electron chi connectivity index (χ4n) is 3.89. The molecule has 0 aromatic heterocycles. The van der Waals surface area contributed by atoms with Crippen LogP contribution >= 0.6 is 11.6 Å². The normalized spacial score (nSPS) is 18.1. The highest BCUT2D eigenvalue weighted by Gasteiger charge is 2.34. The monoisotopic (exact) mass is 439 g/mol. The summed E-state index contributed by atoms with van der Waals surface area (Å²) in [5, 5.41) is 2.72. The summed E-state index contributed by atoms with van der Waals surface area (Å²) in [4.78, 5) is 14.8. The molecule has 30 heavy (non-hydrogen) atoms. The molecule has 0 spiro atoms. The van der Waals surface area contributed by atoms with Crippen molar-refractivity contribution < 1.29 is 13.2 Å². The third-order valence-electron chi connectivity index (χ3n) is 5.46. The van der Waals surface area contributed by atoms with Gasteiger partial charge in [0.15, 0.2) is 9.84 Å². The Balaban J connectivity index is 1.66. The summed E-state index contributed by atoms with van der Waals surface area (Å²) in [6, 6.07) is 20.9. The first-order valence-corrected chi connectivity index (χ1v) is 12.0. The number of amides is 1. The van der Waals surface area contributed by atoms with Gasteiger partial charge in [0.1, 0.15) is 0 Å². The SMILES string of the molecule is O=C(/C=C/c1ccccc1Cl)N(Cc1cccc2ccccc12)C1CCS(=O)(=O)C1. The van der Waals surface area contributed by atoms with Crippen LogP contribution in [-0.2, 0) is 21.2 Å². The topological polar surface area (TPSA) is 54.5 Å². The Morgan fingerprint density at radius 3 is 2.53 bits per heavy atom. The van der Waals surface area contributed by atoms with Gasteiger partial charge in [-0.05, 0) is 40.5 Å². The van der Waals surface area contributed by atoms with E-state index in [2.05, 4.69) is 0 Å². The number of rotatable bonds is 5. The molecular formula is C24H22ClNO3S. The molecular weight excluding hydrogens is 418 g/mol. The number of carbonyl (C=O) groups is 1. The number of hydrogen-bond donors (Lipinski definition) is 0. The summed E-state index contributed by atoms with van der Waals surface area (Å²) >= 11 is 6.19. The van der Waals surface area contributed by atoms with Gasteiger partial charge in [-0.3, -0.25) is 4.79 Å². The van der Waals surface area contributed by atoms with Crippen molar-refractivity contribution in [3.05, 3.63) is 89.0 Å². The molecule has 0 aliphatic carbocycles. The van der Waals surface area contributed by atoms with E-state index in [-0.39, 0.29) is 23.5 Å². The average molecular weight is 440 g/mol. The predicted octanol–water partition coefficient (Wildman–Crippen LogP) is 4.72. The lowest BCUT2D eigenvalue weighted by atomic mass is 10.0. The van der Waals surface area contributed by atoms with Gasteiger partial charge in [-0.15, -0.1) is 0 Å².